The van der Waals surface area contributed by atoms with E-state index in [0.29, 0.717) is 0 Å². The van der Waals surface area contributed by atoms with Gasteiger partial charge in [-0.25, -0.2) is 12.8 Å². The summed E-state index contributed by atoms with van der Waals surface area (Å²) in [6.45, 7) is 0.228. The Labute approximate surface area is 111 Å². The molecule has 0 bridgehead atoms. The summed E-state index contributed by atoms with van der Waals surface area (Å²) < 4.78 is 34.6. The molecule has 1 aromatic rings. The third-order valence-corrected chi connectivity index (χ3v) is 3.49. The maximum absolute atomic E-state index is 12.7. The molecule has 0 fully saturated rings. The van der Waals surface area contributed by atoms with E-state index in [1.54, 1.807) is 12.1 Å². The molecule has 0 aliphatic rings. The number of hydrogen-bond acceptors (Lipinski definition) is 4. The number of benzene rings is 1. The molecule has 0 aliphatic heterocycles. The van der Waals surface area contributed by atoms with Gasteiger partial charge in [0.05, 0.1) is 11.8 Å². The van der Waals surface area contributed by atoms with Crippen LogP contribution in [0.25, 0.3) is 0 Å². The van der Waals surface area contributed by atoms with Crippen LogP contribution in [0.5, 0.6) is 0 Å². The Morgan fingerprint density at radius 3 is 2.47 bits per heavy atom. The number of nitrogens with one attached hydrogen (secondary N) is 1. The maximum Gasteiger partial charge on any atom is 0.237 e. The fourth-order valence-electron chi connectivity index (χ4n) is 1.39. The molecule has 1 rings (SSSR count). The average Bonchev–Trinajstić information content (AvgIpc) is 2.34. The second kappa shape index (κ2) is 6.63. The number of carbonyl (C=O) groups excluding carboxylic acids is 1. The number of amides is 1. The molecule has 3 N–H and O–H groups in total. The van der Waals surface area contributed by atoms with E-state index in [-0.39, 0.29) is 24.5 Å². The Morgan fingerprint density at radius 1 is 1.37 bits per heavy atom. The van der Waals surface area contributed by atoms with Gasteiger partial charge in [-0.1, -0.05) is 12.1 Å². The second-order valence-corrected chi connectivity index (χ2v) is 6.63. The van der Waals surface area contributed by atoms with Crippen LogP contribution in [-0.4, -0.2) is 32.4 Å². The first-order valence-electron chi connectivity index (χ1n) is 5.73. The molecule has 5 nitrogen and oxygen atoms in total. The molecular weight excluding hydrogens is 271 g/mol. The van der Waals surface area contributed by atoms with E-state index in [1.807, 2.05) is 0 Å². The highest BCUT2D eigenvalue weighted by Gasteiger charge is 2.15. The van der Waals surface area contributed by atoms with E-state index in [2.05, 4.69) is 5.32 Å². The third kappa shape index (κ3) is 6.30. The fourth-order valence-corrected chi connectivity index (χ4v) is 2.08. The van der Waals surface area contributed by atoms with Gasteiger partial charge in [0.25, 0.3) is 0 Å². The quantitative estimate of drug-likeness (QED) is 0.783. The standard InChI is InChI=1S/C12H17FN2O3S/c1-19(17,18)7-6-11(14)12(16)15-8-9-2-4-10(13)5-3-9/h2-5,11H,6-8,14H2,1H3,(H,15,16). The van der Waals surface area contributed by atoms with Crippen LogP contribution in [0.1, 0.15) is 12.0 Å². The Kier molecular flexibility index (Phi) is 5.44. The molecule has 106 valence electrons. The SMILES string of the molecule is CS(=O)(=O)CCC(N)C(=O)NCc1ccc(F)cc1. The summed E-state index contributed by atoms with van der Waals surface area (Å²) in [7, 11) is -3.13. The Hall–Kier alpha value is -1.47. The first kappa shape index (κ1) is 15.6. The summed E-state index contributed by atoms with van der Waals surface area (Å²) >= 11 is 0. The van der Waals surface area contributed by atoms with Gasteiger partial charge in [-0.3, -0.25) is 4.79 Å². The van der Waals surface area contributed by atoms with Crippen LogP contribution in [0, 0.1) is 5.82 Å². The molecule has 0 saturated heterocycles. The predicted molar refractivity (Wildman–Crippen MR) is 70.5 cm³/mol. The van der Waals surface area contributed by atoms with Gasteiger partial charge in [-0.15, -0.1) is 0 Å². The number of halogens is 1. The monoisotopic (exact) mass is 288 g/mol. The van der Waals surface area contributed by atoms with Crippen LogP contribution in [0.3, 0.4) is 0 Å². The zero-order chi connectivity index (χ0) is 14.5. The average molecular weight is 288 g/mol. The van der Waals surface area contributed by atoms with Crippen molar-refractivity contribution in [3.05, 3.63) is 35.6 Å². The summed E-state index contributed by atoms with van der Waals surface area (Å²) in [4.78, 5) is 11.6. The first-order chi connectivity index (χ1) is 8.78. The van der Waals surface area contributed by atoms with Crippen molar-refractivity contribution < 1.29 is 17.6 Å². The van der Waals surface area contributed by atoms with Gasteiger partial charge in [0.1, 0.15) is 15.7 Å². The van der Waals surface area contributed by atoms with Crippen LogP contribution in [-0.2, 0) is 21.2 Å². The van der Waals surface area contributed by atoms with E-state index in [4.69, 9.17) is 5.73 Å². The first-order valence-corrected chi connectivity index (χ1v) is 7.79. The summed E-state index contributed by atoms with van der Waals surface area (Å²) in [5.41, 5.74) is 6.32. The Balaban J connectivity index is 2.40. The van der Waals surface area contributed by atoms with Crippen LogP contribution < -0.4 is 11.1 Å². The normalized spacial score (nSPS) is 13.0. The largest absolute Gasteiger partial charge is 0.351 e. The van der Waals surface area contributed by atoms with Gasteiger partial charge >= 0.3 is 0 Å². The Morgan fingerprint density at radius 2 is 1.95 bits per heavy atom. The van der Waals surface area contributed by atoms with E-state index in [0.717, 1.165) is 11.8 Å². The lowest BCUT2D eigenvalue weighted by Gasteiger charge is -2.11. The summed E-state index contributed by atoms with van der Waals surface area (Å²) in [6, 6.07) is 4.83. The van der Waals surface area contributed by atoms with E-state index >= 15 is 0 Å². The van der Waals surface area contributed by atoms with Crippen LogP contribution in [0.4, 0.5) is 4.39 Å². The molecule has 0 radical (unpaired) electrons. The Bertz CT molecular complexity index is 528. The molecular formula is C12H17FN2O3S. The van der Waals surface area contributed by atoms with E-state index in [9.17, 15) is 17.6 Å². The van der Waals surface area contributed by atoms with Crippen molar-refractivity contribution in [2.45, 2.75) is 19.0 Å². The topological polar surface area (TPSA) is 89.3 Å². The fraction of sp³-hybridized carbons (Fsp3) is 0.417. The van der Waals surface area contributed by atoms with Crippen molar-refractivity contribution in [2.75, 3.05) is 12.0 Å². The van der Waals surface area contributed by atoms with Gasteiger partial charge in [-0.05, 0) is 24.1 Å². The third-order valence-electron chi connectivity index (χ3n) is 2.52. The van der Waals surface area contributed by atoms with Gasteiger partial charge in [0.15, 0.2) is 0 Å². The minimum atomic E-state index is -3.13. The summed E-state index contributed by atoms with van der Waals surface area (Å²) in [6.07, 6.45) is 1.17. The predicted octanol–water partition coefficient (Wildman–Crippen LogP) is 0.204. The number of carbonyl (C=O) groups is 1. The lowest BCUT2D eigenvalue weighted by atomic mass is 10.2. The zero-order valence-electron chi connectivity index (χ0n) is 10.6. The number of sulfone groups is 1. The van der Waals surface area contributed by atoms with Gasteiger partial charge in [-0.2, -0.15) is 0 Å². The van der Waals surface area contributed by atoms with Crippen molar-refractivity contribution in [3.63, 3.8) is 0 Å². The van der Waals surface area contributed by atoms with Gasteiger partial charge < -0.3 is 11.1 Å². The smallest absolute Gasteiger partial charge is 0.237 e. The molecule has 0 spiro atoms. The van der Waals surface area contributed by atoms with Gasteiger partial charge in [0.2, 0.25) is 5.91 Å². The molecule has 0 aliphatic carbocycles. The van der Waals surface area contributed by atoms with Crippen molar-refractivity contribution in [1.82, 2.24) is 5.32 Å². The maximum atomic E-state index is 12.7. The lowest BCUT2D eigenvalue weighted by molar-refractivity contribution is -0.122. The van der Waals surface area contributed by atoms with Gasteiger partial charge in [0, 0.05) is 12.8 Å². The highest BCUT2D eigenvalue weighted by molar-refractivity contribution is 7.90. The van der Waals surface area contributed by atoms with Crippen molar-refractivity contribution >= 4 is 15.7 Å². The molecule has 7 heteroatoms. The minimum absolute atomic E-state index is 0.0775. The minimum Gasteiger partial charge on any atom is -0.351 e. The lowest BCUT2D eigenvalue weighted by Crippen LogP contribution is -2.41. The molecule has 0 aromatic heterocycles. The molecule has 1 amide bonds. The van der Waals surface area contributed by atoms with Crippen molar-refractivity contribution in [3.8, 4) is 0 Å². The number of hydrogen-bond donors (Lipinski definition) is 2. The number of nitrogens with two attached hydrogens (primary N) is 1. The molecule has 0 heterocycles. The van der Waals surface area contributed by atoms with E-state index in [1.165, 1.54) is 12.1 Å². The molecule has 0 saturated carbocycles. The number of rotatable bonds is 6. The molecule has 1 aromatic carbocycles. The van der Waals surface area contributed by atoms with Crippen molar-refractivity contribution in [2.24, 2.45) is 5.73 Å². The molecule has 1 unspecified atom stereocenters. The van der Waals surface area contributed by atoms with Crippen LogP contribution in [0.15, 0.2) is 24.3 Å². The summed E-state index contributed by atoms with van der Waals surface area (Å²) in [5.74, 6) is -0.897. The zero-order valence-corrected chi connectivity index (χ0v) is 11.4. The molecule has 1 atom stereocenters. The summed E-state index contributed by atoms with van der Waals surface area (Å²) in [5, 5.41) is 2.57. The van der Waals surface area contributed by atoms with Crippen LogP contribution in [0.2, 0.25) is 0 Å². The molecule has 19 heavy (non-hydrogen) atoms. The highest BCUT2D eigenvalue weighted by Crippen LogP contribution is 2.02. The second-order valence-electron chi connectivity index (χ2n) is 4.37. The van der Waals surface area contributed by atoms with Crippen LogP contribution >= 0.6 is 0 Å². The van der Waals surface area contributed by atoms with Crippen molar-refractivity contribution in [1.29, 1.82) is 0 Å². The highest BCUT2D eigenvalue weighted by atomic mass is 32.2. The van der Waals surface area contributed by atoms with E-state index < -0.39 is 21.8 Å².